The topological polar surface area (TPSA) is 106 Å². The number of carbonyl (C=O) groups excluding carboxylic acids is 1. The van der Waals surface area contributed by atoms with E-state index < -0.39 is 37.5 Å². The highest BCUT2D eigenvalue weighted by atomic mass is 79.9. The second-order valence-corrected chi connectivity index (χ2v) is 8.59. The van der Waals surface area contributed by atoms with E-state index in [0.717, 1.165) is 10.5 Å². The van der Waals surface area contributed by atoms with Crippen molar-refractivity contribution in [2.45, 2.75) is 31.2 Å². The first-order valence-electron chi connectivity index (χ1n) is 8.21. The highest BCUT2D eigenvalue weighted by molar-refractivity contribution is 9.10. The lowest BCUT2D eigenvalue weighted by Gasteiger charge is -2.24. The molecule has 7 nitrogen and oxygen atoms in total. The van der Waals surface area contributed by atoms with Gasteiger partial charge >= 0.3 is 0 Å². The van der Waals surface area contributed by atoms with Crippen LogP contribution in [-0.4, -0.2) is 19.1 Å². The summed E-state index contributed by atoms with van der Waals surface area (Å²) in [5, 5.41) is 11.2. The first-order valence-corrected chi connectivity index (χ1v) is 10.5. The molecule has 0 saturated heterocycles. The Morgan fingerprint density at radius 2 is 1.89 bits per heavy atom. The number of rotatable bonds is 8. The normalized spacial score (nSPS) is 13.7. The summed E-state index contributed by atoms with van der Waals surface area (Å²) in [6, 6.07) is 11.2. The molecule has 1 N–H and O–H groups in total. The van der Waals surface area contributed by atoms with Gasteiger partial charge in [-0.1, -0.05) is 54.0 Å². The molecule has 9 heteroatoms. The van der Waals surface area contributed by atoms with Crippen LogP contribution in [0.1, 0.15) is 31.9 Å². The quantitative estimate of drug-likeness (QED) is 0.479. The van der Waals surface area contributed by atoms with Crippen molar-refractivity contribution in [2.24, 2.45) is 5.92 Å². The SMILES string of the molecule is CCC(=O)[C@H](C)[C@@H](NS(=O)(=O)c1ccccc1[N+](=O)[O-])c1cccc(Br)c1. The van der Waals surface area contributed by atoms with E-state index in [9.17, 15) is 23.3 Å². The van der Waals surface area contributed by atoms with Gasteiger partial charge in [-0.15, -0.1) is 0 Å². The van der Waals surface area contributed by atoms with Gasteiger partial charge in [-0.2, -0.15) is 0 Å². The van der Waals surface area contributed by atoms with E-state index >= 15 is 0 Å². The summed E-state index contributed by atoms with van der Waals surface area (Å²) in [4.78, 5) is 22.3. The van der Waals surface area contributed by atoms with Crippen LogP contribution in [0.3, 0.4) is 0 Å². The third-order valence-electron chi connectivity index (χ3n) is 4.20. The largest absolute Gasteiger partial charge is 0.299 e. The van der Waals surface area contributed by atoms with Gasteiger partial charge in [0.1, 0.15) is 5.78 Å². The maximum atomic E-state index is 12.9. The molecule has 0 radical (unpaired) electrons. The van der Waals surface area contributed by atoms with Crippen LogP contribution in [0.2, 0.25) is 0 Å². The predicted octanol–water partition coefficient (Wildman–Crippen LogP) is 3.99. The van der Waals surface area contributed by atoms with Gasteiger partial charge in [0, 0.05) is 22.9 Å². The Morgan fingerprint density at radius 1 is 1.22 bits per heavy atom. The van der Waals surface area contributed by atoms with Gasteiger partial charge in [0.2, 0.25) is 10.0 Å². The fraction of sp³-hybridized carbons (Fsp3) is 0.278. The molecule has 0 unspecified atom stereocenters. The van der Waals surface area contributed by atoms with E-state index in [1.165, 1.54) is 18.2 Å². The Labute approximate surface area is 166 Å². The maximum Gasteiger partial charge on any atom is 0.289 e. The van der Waals surface area contributed by atoms with Crippen LogP contribution >= 0.6 is 15.9 Å². The minimum absolute atomic E-state index is 0.120. The molecule has 0 aliphatic heterocycles. The van der Waals surface area contributed by atoms with Gasteiger partial charge in [0.15, 0.2) is 4.90 Å². The second-order valence-electron chi connectivity index (χ2n) is 5.99. The summed E-state index contributed by atoms with van der Waals surface area (Å²) in [5.74, 6) is -0.771. The second kappa shape index (κ2) is 8.73. The van der Waals surface area contributed by atoms with Crippen molar-refractivity contribution in [3.63, 3.8) is 0 Å². The third kappa shape index (κ3) is 5.00. The standard InChI is InChI=1S/C18H19BrN2O5S/c1-3-16(22)12(2)18(13-7-6-8-14(19)11-13)20-27(25,26)17-10-5-4-9-15(17)21(23)24/h4-12,18,20H,3H2,1-2H3/t12-,18+/m0/s1. The molecule has 0 aromatic heterocycles. The number of ketones is 1. The van der Waals surface area contributed by atoms with E-state index in [0.29, 0.717) is 5.56 Å². The summed E-state index contributed by atoms with van der Waals surface area (Å²) in [6.45, 7) is 3.34. The molecule has 2 rings (SSSR count). The van der Waals surface area contributed by atoms with E-state index in [1.54, 1.807) is 38.1 Å². The number of hydrogen-bond donors (Lipinski definition) is 1. The van der Waals surface area contributed by atoms with Crippen molar-refractivity contribution in [2.75, 3.05) is 0 Å². The summed E-state index contributed by atoms with van der Waals surface area (Å²) in [5.41, 5.74) is 0.0632. The molecule has 0 saturated carbocycles. The smallest absolute Gasteiger partial charge is 0.289 e. The molecule has 2 atom stereocenters. The molecule has 144 valence electrons. The zero-order chi connectivity index (χ0) is 20.2. The number of carbonyl (C=O) groups is 1. The van der Waals surface area contributed by atoms with Gasteiger partial charge < -0.3 is 0 Å². The minimum Gasteiger partial charge on any atom is -0.299 e. The lowest BCUT2D eigenvalue weighted by atomic mass is 9.91. The summed E-state index contributed by atoms with van der Waals surface area (Å²) >= 11 is 3.34. The molecule has 2 aromatic carbocycles. The lowest BCUT2D eigenvalue weighted by Crippen LogP contribution is -2.35. The maximum absolute atomic E-state index is 12.9. The monoisotopic (exact) mass is 454 g/mol. The molecule has 0 amide bonds. The number of halogens is 1. The predicted molar refractivity (Wildman–Crippen MR) is 105 cm³/mol. The molecular weight excluding hydrogens is 436 g/mol. The van der Waals surface area contributed by atoms with Gasteiger partial charge in [-0.3, -0.25) is 14.9 Å². The average molecular weight is 455 g/mol. The number of nitro benzene ring substituents is 1. The van der Waals surface area contributed by atoms with Gasteiger partial charge in [0.25, 0.3) is 5.69 Å². The number of nitrogens with one attached hydrogen (secondary N) is 1. The van der Waals surface area contributed by atoms with Gasteiger partial charge in [-0.25, -0.2) is 13.1 Å². The van der Waals surface area contributed by atoms with Crippen LogP contribution in [0, 0.1) is 16.0 Å². The lowest BCUT2D eigenvalue weighted by molar-refractivity contribution is -0.387. The van der Waals surface area contributed by atoms with Crippen LogP contribution in [0.4, 0.5) is 5.69 Å². The van der Waals surface area contributed by atoms with Crippen molar-refractivity contribution in [3.8, 4) is 0 Å². The minimum atomic E-state index is -4.24. The Balaban J connectivity index is 2.52. The Hall–Kier alpha value is -2.10. The Morgan fingerprint density at radius 3 is 2.48 bits per heavy atom. The van der Waals surface area contributed by atoms with E-state index in [-0.39, 0.29) is 12.2 Å². The van der Waals surface area contributed by atoms with Gasteiger partial charge in [0.05, 0.1) is 11.0 Å². The molecule has 0 heterocycles. The van der Waals surface area contributed by atoms with Crippen molar-refractivity contribution in [1.82, 2.24) is 4.72 Å². The fourth-order valence-corrected chi connectivity index (χ4v) is 4.63. The zero-order valence-corrected chi connectivity index (χ0v) is 17.2. The van der Waals surface area contributed by atoms with E-state index in [1.807, 2.05) is 0 Å². The van der Waals surface area contributed by atoms with E-state index in [4.69, 9.17) is 0 Å². The van der Waals surface area contributed by atoms with E-state index in [2.05, 4.69) is 20.7 Å². The highest BCUT2D eigenvalue weighted by Gasteiger charge is 2.32. The van der Waals surface area contributed by atoms with Crippen LogP contribution in [0.15, 0.2) is 57.9 Å². The molecule has 27 heavy (non-hydrogen) atoms. The van der Waals surface area contributed by atoms with Crippen LogP contribution < -0.4 is 4.72 Å². The molecule has 0 spiro atoms. The molecular formula is C18H19BrN2O5S. The molecule has 2 aromatic rings. The highest BCUT2D eigenvalue weighted by Crippen LogP contribution is 2.30. The first-order chi connectivity index (χ1) is 12.7. The van der Waals surface area contributed by atoms with Crippen molar-refractivity contribution in [3.05, 3.63) is 68.7 Å². The first kappa shape index (κ1) is 21.2. The fourth-order valence-electron chi connectivity index (χ4n) is 2.73. The zero-order valence-electron chi connectivity index (χ0n) is 14.8. The average Bonchev–Trinajstić information content (AvgIpc) is 2.64. The van der Waals surface area contributed by atoms with Crippen LogP contribution in [0.5, 0.6) is 0 Å². The number of Topliss-reactive ketones (excluding diaryl/α,β-unsaturated/α-hetero) is 1. The van der Waals surface area contributed by atoms with Crippen LogP contribution in [-0.2, 0) is 14.8 Å². The van der Waals surface area contributed by atoms with Crippen LogP contribution in [0.25, 0.3) is 0 Å². The van der Waals surface area contributed by atoms with Crippen molar-refractivity contribution < 1.29 is 18.1 Å². The summed E-state index contributed by atoms with van der Waals surface area (Å²) < 4.78 is 29.0. The number of sulfonamides is 1. The summed E-state index contributed by atoms with van der Waals surface area (Å²) in [7, 11) is -4.24. The molecule has 0 fully saturated rings. The number of benzene rings is 2. The Bertz CT molecular complexity index is 962. The summed E-state index contributed by atoms with van der Waals surface area (Å²) in [6.07, 6.45) is 0.249. The molecule has 0 aliphatic rings. The van der Waals surface area contributed by atoms with Gasteiger partial charge in [-0.05, 0) is 23.8 Å². The molecule has 0 aliphatic carbocycles. The third-order valence-corrected chi connectivity index (χ3v) is 6.18. The number of hydrogen-bond acceptors (Lipinski definition) is 5. The number of nitrogens with zero attached hydrogens (tertiary/aromatic N) is 1. The Kier molecular flexibility index (Phi) is 6.85. The molecule has 0 bridgehead atoms. The van der Waals surface area contributed by atoms with Crippen molar-refractivity contribution >= 4 is 37.4 Å². The number of para-hydroxylation sites is 1. The number of nitro groups is 1. The van der Waals surface area contributed by atoms with Crippen molar-refractivity contribution in [1.29, 1.82) is 0 Å².